The molecule has 180 valence electrons. The van der Waals surface area contributed by atoms with Crippen LogP contribution >= 0.6 is 11.5 Å². The smallest absolute Gasteiger partial charge is 0.344 e. The summed E-state index contributed by atoms with van der Waals surface area (Å²) in [6.45, 7) is 2.22. The highest BCUT2D eigenvalue weighted by atomic mass is 32.1. The van der Waals surface area contributed by atoms with Gasteiger partial charge in [0, 0.05) is 12.6 Å². The van der Waals surface area contributed by atoms with E-state index in [1.807, 2.05) is 0 Å². The summed E-state index contributed by atoms with van der Waals surface area (Å²) in [6, 6.07) is 2.29. The number of carbonyl (C=O) groups excluding carboxylic acids is 1. The van der Waals surface area contributed by atoms with E-state index in [2.05, 4.69) is 20.3 Å². The van der Waals surface area contributed by atoms with E-state index in [-0.39, 0.29) is 22.0 Å². The molecular formula is C22H28F2N4O4S. The number of carboxylic acid groups (broad SMARTS) is 1. The first-order valence-corrected chi connectivity index (χ1v) is 11.7. The predicted molar refractivity (Wildman–Crippen MR) is 121 cm³/mol. The Kier molecular flexibility index (Phi) is 8.95. The predicted octanol–water partition coefficient (Wildman–Crippen LogP) is 4.44. The van der Waals surface area contributed by atoms with Crippen molar-refractivity contribution in [2.75, 3.05) is 18.4 Å². The molecular weight excluding hydrogens is 454 g/mol. The van der Waals surface area contributed by atoms with Crippen molar-refractivity contribution in [1.29, 1.82) is 0 Å². The van der Waals surface area contributed by atoms with Crippen LogP contribution in [0.15, 0.2) is 12.1 Å². The molecule has 0 spiro atoms. The van der Waals surface area contributed by atoms with Gasteiger partial charge in [0.2, 0.25) is 5.88 Å². The third-order valence-corrected chi connectivity index (χ3v) is 6.16. The van der Waals surface area contributed by atoms with Crippen molar-refractivity contribution in [2.24, 2.45) is 0 Å². The molecule has 1 heterocycles. The van der Waals surface area contributed by atoms with Crippen molar-refractivity contribution >= 4 is 28.5 Å². The van der Waals surface area contributed by atoms with E-state index in [9.17, 15) is 23.5 Å². The fourth-order valence-corrected chi connectivity index (χ4v) is 4.43. The maximum Gasteiger partial charge on any atom is 0.344 e. The zero-order chi connectivity index (χ0) is 23.8. The quantitative estimate of drug-likeness (QED) is 0.373. The normalized spacial score (nSPS) is 14.2. The van der Waals surface area contributed by atoms with Crippen LogP contribution in [-0.4, -0.2) is 40.6 Å². The van der Waals surface area contributed by atoms with Crippen LogP contribution in [0.5, 0.6) is 5.88 Å². The Morgan fingerprint density at radius 1 is 1.18 bits per heavy atom. The number of anilines is 1. The number of carboxylic acids is 1. The second-order valence-corrected chi connectivity index (χ2v) is 8.79. The van der Waals surface area contributed by atoms with Crippen LogP contribution in [0, 0.1) is 18.6 Å². The fraction of sp³-hybridized carbons (Fsp3) is 0.500. The molecule has 1 fully saturated rings. The van der Waals surface area contributed by atoms with Gasteiger partial charge in [-0.2, -0.15) is 4.37 Å². The van der Waals surface area contributed by atoms with E-state index in [0.29, 0.717) is 29.7 Å². The lowest BCUT2D eigenvalue weighted by atomic mass is 9.95. The maximum absolute atomic E-state index is 14.0. The number of hydrogen-bond donors (Lipinski definition) is 4. The highest BCUT2D eigenvalue weighted by Gasteiger charge is 2.24. The van der Waals surface area contributed by atoms with Crippen LogP contribution in [-0.2, 0) is 6.61 Å². The third kappa shape index (κ3) is 7.10. The molecule has 0 unspecified atom stereocenters. The van der Waals surface area contributed by atoms with Gasteiger partial charge in [0.25, 0.3) is 0 Å². The Morgan fingerprint density at radius 2 is 1.88 bits per heavy atom. The van der Waals surface area contributed by atoms with E-state index in [1.165, 1.54) is 32.1 Å². The molecule has 2 aromatic rings. The number of nitrogens with one attached hydrogen (secondary N) is 3. The standard InChI is InChI=1S/C22H28F2N4O4S/c1-13-10-16(23)15(17(24)11-13)12-32-19-18(21(29)30)20(33-28-19)27-22(31)26-9-5-8-25-14-6-3-2-4-7-14/h10-11,14,25H,2-9,12H2,1H3,(H,29,30)(H2,26,27,31). The number of ether oxygens (including phenoxy) is 1. The average Bonchev–Trinajstić information content (AvgIpc) is 3.16. The van der Waals surface area contributed by atoms with Crippen LogP contribution in [0.3, 0.4) is 0 Å². The zero-order valence-corrected chi connectivity index (χ0v) is 19.2. The van der Waals surface area contributed by atoms with Gasteiger partial charge in [0.1, 0.15) is 23.2 Å². The van der Waals surface area contributed by atoms with Crippen molar-refractivity contribution in [3.63, 3.8) is 0 Å². The summed E-state index contributed by atoms with van der Waals surface area (Å²) in [4.78, 5) is 23.8. The number of carbonyl (C=O) groups is 2. The highest BCUT2D eigenvalue weighted by Crippen LogP contribution is 2.31. The van der Waals surface area contributed by atoms with E-state index >= 15 is 0 Å². The van der Waals surface area contributed by atoms with Crippen LogP contribution in [0.1, 0.15) is 60.0 Å². The fourth-order valence-electron chi connectivity index (χ4n) is 3.71. The van der Waals surface area contributed by atoms with Crippen molar-refractivity contribution < 1.29 is 28.2 Å². The second kappa shape index (κ2) is 11.9. The topological polar surface area (TPSA) is 113 Å². The number of amides is 2. The molecule has 1 aliphatic carbocycles. The number of halogens is 2. The van der Waals surface area contributed by atoms with Crippen LogP contribution in [0.25, 0.3) is 0 Å². The highest BCUT2D eigenvalue weighted by molar-refractivity contribution is 7.11. The molecule has 0 aliphatic heterocycles. The Morgan fingerprint density at radius 3 is 2.55 bits per heavy atom. The lowest BCUT2D eigenvalue weighted by Crippen LogP contribution is -2.35. The average molecular weight is 483 g/mol. The molecule has 11 heteroatoms. The van der Waals surface area contributed by atoms with Crippen molar-refractivity contribution in [3.05, 3.63) is 40.5 Å². The Hall–Kier alpha value is -2.79. The molecule has 8 nitrogen and oxygen atoms in total. The second-order valence-electron chi connectivity index (χ2n) is 8.02. The molecule has 1 saturated carbocycles. The third-order valence-electron chi connectivity index (χ3n) is 5.42. The molecule has 0 atom stereocenters. The molecule has 33 heavy (non-hydrogen) atoms. The first kappa shape index (κ1) is 24.8. The molecule has 0 bridgehead atoms. The number of rotatable bonds is 10. The largest absolute Gasteiger partial charge is 0.477 e. The molecule has 0 saturated heterocycles. The Labute approximate surface area is 194 Å². The number of nitrogens with zero attached hydrogens (tertiary/aromatic N) is 1. The minimum absolute atomic E-state index is 0.0276. The van der Waals surface area contributed by atoms with Gasteiger partial charge in [-0.05, 0) is 62.0 Å². The molecule has 3 rings (SSSR count). The summed E-state index contributed by atoms with van der Waals surface area (Å²) in [5.74, 6) is -3.29. The summed E-state index contributed by atoms with van der Waals surface area (Å²) in [5.41, 5.74) is -0.294. The maximum atomic E-state index is 14.0. The van der Waals surface area contributed by atoms with Gasteiger partial charge in [0.05, 0.1) is 5.56 Å². The lowest BCUT2D eigenvalue weighted by Gasteiger charge is -2.22. The molecule has 1 aromatic carbocycles. The van der Waals surface area contributed by atoms with Crippen LogP contribution in [0.4, 0.5) is 18.6 Å². The van der Waals surface area contributed by atoms with Gasteiger partial charge in [0.15, 0.2) is 5.56 Å². The van der Waals surface area contributed by atoms with E-state index in [0.717, 1.165) is 25.1 Å². The van der Waals surface area contributed by atoms with Gasteiger partial charge in [-0.1, -0.05) is 19.3 Å². The van der Waals surface area contributed by atoms with Crippen molar-refractivity contribution in [1.82, 2.24) is 15.0 Å². The number of aromatic nitrogens is 1. The molecule has 4 N–H and O–H groups in total. The van der Waals surface area contributed by atoms with Gasteiger partial charge >= 0.3 is 12.0 Å². The summed E-state index contributed by atoms with van der Waals surface area (Å²) in [6.07, 6.45) is 6.90. The van der Waals surface area contributed by atoms with Gasteiger partial charge in [-0.25, -0.2) is 18.4 Å². The number of urea groups is 1. The lowest BCUT2D eigenvalue weighted by molar-refractivity contribution is 0.0693. The number of aryl methyl sites for hydroxylation is 1. The number of aromatic carboxylic acids is 1. The van der Waals surface area contributed by atoms with Crippen LogP contribution in [0.2, 0.25) is 0 Å². The number of hydrogen-bond acceptors (Lipinski definition) is 6. The minimum atomic E-state index is -1.38. The summed E-state index contributed by atoms with van der Waals surface area (Å²) in [5, 5.41) is 18.1. The van der Waals surface area contributed by atoms with Gasteiger partial charge < -0.3 is 20.5 Å². The first-order chi connectivity index (χ1) is 15.8. The van der Waals surface area contributed by atoms with Crippen molar-refractivity contribution in [3.8, 4) is 5.88 Å². The molecule has 2 amide bonds. The van der Waals surface area contributed by atoms with E-state index in [4.69, 9.17) is 4.74 Å². The Balaban J connectivity index is 1.50. The first-order valence-electron chi connectivity index (χ1n) is 10.9. The van der Waals surface area contributed by atoms with Gasteiger partial charge in [-0.15, -0.1) is 0 Å². The summed E-state index contributed by atoms with van der Waals surface area (Å²) >= 11 is 0.714. The van der Waals surface area contributed by atoms with Crippen molar-refractivity contribution in [2.45, 2.75) is 58.1 Å². The van der Waals surface area contributed by atoms with Gasteiger partial charge in [-0.3, -0.25) is 5.32 Å². The van der Waals surface area contributed by atoms with Crippen LogP contribution < -0.4 is 20.7 Å². The monoisotopic (exact) mass is 482 g/mol. The zero-order valence-electron chi connectivity index (χ0n) is 18.4. The summed E-state index contributed by atoms with van der Waals surface area (Å²) in [7, 11) is 0. The van der Waals surface area contributed by atoms with E-state index in [1.54, 1.807) is 6.92 Å². The molecule has 0 radical (unpaired) electrons. The SMILES string of the molecule is Cc1cc(F)c(COc2nsc(NC(=O)NCCCNC3CCCCC3)c2C(=O)O)c(F)c1. The summed E-state index contributed by atoms with van der Waals surface area (Å²) < 4.78 is 37.2. The van der Waals surface area contributed by atoms with E-state index < -0.39 is 30.2 Å². The number of benzene rings is 1. The molecule has 1 aromatic heterocycles. The Bertz CT molecular complexity index is 956. The molecule has 1 aliphatic rings. The minimum Gasteiger partial charge on any atom is -0.477 e.